The van der Waals surface area contributed by atoms with Gasteiger partial charge in [-0.3, -0.25) is 4.79 Å². The van der Waals surface area contributed by atoms with Gasteiger partial charge in [0.15, 0.2) is 0 Å². The third-order valence-electron chi connectivity index (χ3n) is 3.88. The fraction of sp³-hybridized carbons (Fsp3) is 0.600. The van der Waals surface area contributed by atoms with Crippen LogP contribution in [0.2, 0.25) is 0 Å². The minimum Gasteiger partial charge on any atom is -0.384 e. The van der Waals surface area contributed by atoms with E-state index in [-0.39, 0.29) is 18.3 Å². The number of halogens is 1. The number of carbonyl (C=O) groups is 1. The highest BCUT2D eigenvalue weighted by Crippen LogP contribution is 2.27. The molecule has 1 aliphatic rings. The summed E-state index contributed by atoms with van der Waals surface area (Å²) in [5.74, 6) is 1.13. The van der Waals surface area contributed by atoms with Gasteiger partial charge < -0.3 is 11.1 Å². The van der Waals surface area contributed by atoms with Crippen LogP contribution < -0.4 is 11.1 Å². The van der Waals surface area contributed by atoms with Crippen LogP contribution in [0, 0.1) is 5.92 Å². The molecule has 1 fully saturated rings. The summed E-state index contributed by atoms with van der Waals surface area (Å²) in [6, 6.07) is 5.44. The number of nitrogens with one attached hydrogen (secondary N) is 1. The molecule has 5 heteroatoms. The monoisotopic (exact) mass is 297 g/mol. The van der Waals surface area contributed by atoms with E-state index < -0.39 is 0 Å². The van der Waals surface area contributed by atoms with Crippen molar-refractivity contribution >= 4 is 24.1 Å². The van der Waals surface area contributed by atoms with Crippen molar-refractivity contribution in [2.45, 2.75) is 51.5 Å². The summed E-state index contributed by atoms with van der Waals surface area (Å²) in [7, 11) is 0. The Hall–Kier alpha value is -1.29. The van der Waals surface area contributed by atoms with E-state index >= 15 is 0 Å². The van der Waals surface area contributed by atoms with E-state index in [1.807, 2.05) is 0 Å². The second kappa shape index (κ2) is 8.10. The second-order valence-electron chi connectivity index (χ2n) is 5.43. The molecule has 0 unspecified atom stereocenters. The number of hydrogen-bond donors (Lipinski definition) is 2. The fourth-order valence-corrected chi connectivity index (χ4v) is 2.84. The third kappa shape index (κ3) is 4.67. The third-order valence-corrected chi connectivity index (χ3v) is 3.88. The van der Waals surface area contributed by atoms with Gasteiger partial charge in [0.1, 0.15) is 11.5 Å². The molecule has 1 heterocycles. The highest BCUT2D eigenvalue weighted by atomic mass is 35.5. The Morgan fingerprint density at radius 1 is 1.35 bits per heavy atom. The van der Waals surface area contributed by atoms with E-state index in [1.54, 1.807) is 18.2 Å². The van der Waals surface area contributed by atoms with Crippen molar-refractivity contribution in [3.8, 4) is 0 Å². The zero-order chi connectivity index (χ0) is 13.7. The van der Waals surface area contributed by atoms with Crippen LogP contribution in [-0.2, 0) is 0 Å². The number of rotatable bonds is 4. The lowest BCUT2D eigenvalue weighted by molar-refractivity contribution is 0.0916. The number of pyridine rings is 1. The molecular formula is C15H24ClN3O. The minimum atomic E-state index is -0.105. The zero-order valence-corrected chi connectivity index (χ0v) is 12.8. The van der Waals surface area contributed by atoms with Crippen LogP contribution >= 0.6 is 12.4 Å². The van der Waals surface area contributed by atoms with Gasteiger partial charge in [-0.2, -0.15) is 0 Å². The highest BCUT2D eigenvalue weighted by Gasteiger charge is 2.22. The summed E-state index contributed by atoms with van der Waals surface area (Å²) in [6.45, 7) is 2.24. The molecule has 20 heavy (non-hydrogen) atoms. The number of nitrogen functional groups attached to an aromatic ring is 1. The Kier molecular flexibility index (Phi) is 6.79. The van der Waals surface area contributed by atoms with Crippen molar-refractivity contribution in [3.63, 3.8) is 0 Å². The molecule has 0 aromatic carbocycles. The minimum absolute atomic E-state index is 0. The smallest absolute Gasteiger partial charge is 0.270 e. The molecule has 0 bridgehead atoms. The van der Waals surface area contributed by atoms with Crippen molar-refractivity contribution in [1.29, 1.82) is 0 Å². The van der Waals surface area contributed by atoms with Gasteiger partial charge in [-0.25, -0.2) is 4.98 Å². The van der Waals surface area contributed by atoms with Crippen molar-refractivity contribution < 1.29 is 4.79 Å². The lowest BCUT2D eigenvalue weighted by Crippen LogP contribution is -2.38. The van der Waals surface area contributed by atoms with Crippen LogP contribution in [0.15, 0.2) is 18.2 Å². The van der Waals surface area contributed by atoms with Gasteiger partial charge in [0, 0.05) is 6.04 Å². The maximum atomic E-state index is 12.0. The predicted octanol–water partition coefficient (Wildman–Crippen LogP) is 3.17. The van der Waals surface area contributed by atoms with Crippen LogP contribution in [0.3, 0.4) is 0 Å². The molecule has 0 radical (unpaired) electrons. The van der Waals surface area contributed by atoms with Gasteiger partial charge in [0.05, 0.1) is 0 Å². The molecule has 1 saturated carbocycles. The number of aromatic nitrogens is 1. The Bertz CT molecular complexity index is 431. The van der Waals surface area contributed by atoms with Crippen LogP contribution in [0.1, 0.15) is 55.9 Å². The molecule has 0 saturated heterocycles. The van der Waals surface area contributed by atoms with Crippen molar-refractivity contribution in [1.82, 2.24) is 10.3 Å². The van der Waals surface area contributed by atoms with Gasteiger partial charge in [0.2, 0.25) is 0 Å². The van der Waals surface area contributed by atoms with Crippen LogP contribution in [0.5, 0.6) is 0 Å². The molecule has 0 spiro atoms. The fourth-order valence-electron chi connectivity index (χ4n) is 2.84. The molecule has 1 amide bonds. The number of hydrogen-bond acceptors (Lipinski definition) is 3. The van der Waals surface area contributed by atoms with Gasteiger partial charge in [-0.15, -0.1) is 12.4 Å². The average Bonchev–Trinajstić information content (AvgIpc) is 2.41. The van der Waals surface area contributed by atoms with E-state index in [0.717, 1.165) is 18.8 Å². The van der Waals surface area contributed by atoms with Gasteiger partial charge in [0.25, 0.3) is 5.91 Å². The summed E-state index contributed by atoms with van der Waals surface area (Å²) in [6.07, 6.45) is 7.19. The van der Waals surface area contributed by atoms with Gasteiger partial charge >= 0.3 is 0 Å². The first kappa shape index (κ1) is 16.8. The van der Waals surface area contributed by atoms with E-state index in [0.29, 0.717) is 17.6 Å². The molecular weight excluding hydrogens is 274 g/mol. The molecule has 0 aliphatic heterocycles. The number of nitrogens with two attached hydrogens (primary N) is 1. The summed E-state index contributed by atoms with van der Waals surface area (Å²) in [4.78, 5) is 16.1. The van der Waals surface area contributed by atoms with E-state index in [4.69, 9.17) is 5.73 Å². The Balaban J connectivity index is 0.00000200. The maximum Gasteiger partial charge on any atom is 0.270 e. The lowest BCUT2D eigenvalue weighted by Gasteiger charge is -2.28. The number of anilines is 1. The summed E-state index contributed by atoms with van der Waals surface area (Å²) in [5, 5.41) is 3.07. The molecule has 1 aromatic heterocycles. The maximum absolute atomic E-state index is 12.0. The number of amides is 1. The van der Waals surface area contributed by atoms with Crippen LogP contribution in [0.25, 0.3) is 0 Å². The van der Waals surface area contributed by atoms with Crippen molar-refractivity contribution in [3.05, 3.63) is 23.9 Å². The zero-order valence-electron chi connectivity index (χ0n) is 12.0. The first-order valence-electron chi connectivity index (χ1n) is 7.22. The quantitative estimate of drug-likeness (QED) is 0.897. The molecule has 4 nitrogen and oxygen atoms in total. The topological polar surface area (TPSA) is 68.0 Å². The number of carbonyl (C=O) groups excluding carboxylic acids is 1. The standard InChI is InChI=1S/C15H23N3O.ClH/c1-2-4-11-7-9-12(10-8-11)17-15(19)13-5-3-6-14(16)18-13;/h3,5-6,11-12H,2,4,7-10H2,1H3,(H2,16,18)(H,17,19);1H. The average molecular weight is 298 g/mol. The summed E-state index contributed by atoms with van der Waals surface area (Å²) in [5.41, 5.74) is 6.00. The molecule has 2 rings (SSSR count). The first-order valence-corrected chi connectivity index (χ1v) is 7.22. The largest absolute Gasteiger partial charge is 0.384 e. The Morgan fingerprint density at radius 2 is 2.05 bits per heavy atom. The molecule has 1 aromatic rings. The normalized spacial score (nSPS) is 21.9. The van der Waals surface area contributed by atoms with E-state index in [1.165, 1.54) is 25.7 Å². The molecule has 1 aliphatic carbocycles. The number of nitrogens with zero attached hydrogens (tertiary/aromatic N) is 1. The SMILES string of the molecule is CCCC1CCC(NC(=O)c2cccc(N)n2)CC1.Cl. The van der Waals surface area contributed by atoms with Gasteiger partial charge in [-0.05, 0) is 43.7 Å². The lowest BCUT2D eigenvalue weighted by atomic mass is 9.83. The van der Waals surface area contributed by atoms with E-state index in [9.17, 15) is 4.79 Å². The Labute approximate surface area is 126 Å². The molecule has 112 valence electrons. The van der Waals surface area contributed by atoms with Crippen LogP contribution in [-0.4, -0.2) is 16.9 Å². The van der Waals surface area contributed by atoms with Crippen molar-refractivity contribution in [2.24, 2.45) is 5.92 Å². The molecule has 3 N–H and O–H groups in total. The van der Waals surface area contributed by atoms with Gasteiger partial charge in [-0.1, -0.05) is 25.8 Å². The molecule has 0 atom stereocenters. The van der Waals surface area contributed by atoms with E-state index in [2.05, 4.69) is 17.2 Å². The summed E-state index contributed by atoms with van der Waals surface area (Å²) < 4.78 is 0. The van der Waals surface area contributed by atoms with Crippen molar-refractivity contribution in [2.75, 3.05) is 5.73 Å². The highest BCUT2D eigenvalue weighted by molar-refractivity contribution is 5.92. The first-order chi connectivity index (χ1) is 9.19. The van der Waals surface area contributed by atoms with Crippen LogP contribution in [0.4, 0.5) is 5.82 Å². The second-order valence-corrected chi connectivity index (χ2v) is 5.43. The Morgan fingerprint density at radius 3 is 2.65 bits per heavy atom. The predicted molar refractivity (Wildman–Crippen MR) is 84.0 cm³/mol. The summed E-state index contributed by atoms with van der Waals surface area (Å²) >= 11 is 0.